The number of carbonyl (C=O) groups is 1. The van der Waals surface area contributed by atoms with Crippen LogP contribution in [0.2, 0.25) is 0 Å². The van der Waals surface area contributed by atoms with E-state index in [4.69, 9.17) is 0 Å². The second-order valence-corrected chi connectivity index (χ2v) is 15.0. The maximum Gasteiger partial charge on any atom is 0.242 e. The highest BCUT2D eigenvalue weighted by Crippen LogP contribution is 2.41. The van der Waals surface area contributed by atoms with E-state index < -0.39 is 21.5 Å². The number of aromatic amines is 5. The third-order valence-electron chi connectivity index (χ3n) is 10.3. The van der Waals surface area contributed by atoms with Crippen molar-refractivity contribution < 1.29 is 13.2 Å². The molecule has 10 rings (SSSR count). The van der Waals surface area contributed by atoms with Crippen LogP contribution in [0.15, 0.2) is 41.4 Å². The van der Waals surface area contributed by atoms with Gasteiger partial charge < -0.3 is 19.9 Å². The van der Waals surface area contributed by atoms with Crippen molar-refractivity contribution in [3.63, 3.8) is 0 Å². The zero-order valence-corrected chi connectivity index (χ0v) is 27.2. The third-order valence-corrected chi connectivity index (χ3v) is 11.9. The van der Waals surface area contributed by atoms with Crippen LogP contribution in [0.3, 0.4) is 0 Å². The van der Waals surface area contributed by atoms with E-state index in [-0.39, 0.29) is 4.90 Å². The number of aryl methyl sites for hydroxylation is 4. The van der Waals surface area contributed by atoms with Crippen molar-refractivity contribution in [3.05, 3.63) is 70.2 Å². The molecular formula is C35H34N8O3S. The van der Waals surface area contributed by atoms with E-state index in [0.29, 0.717) is 5.69 Å². The molecule has 3 aliphatic rings. The summed E-state index contributed by atoms with van der Waals surface area (Å²) in [6, 6.07) is 10.1. The van der Waals surface area contributed by atoms with Gasteiger partial charge in [0.05, 0.1) is 22.0 Å². The van der Waals surface area contributed by atoms with E-state index in [1.54, 1.807) is 19.2 Å². The molecule has 11 nitrogen and oxygen atoms in total. The second-order valence-electron chi connectivity index (χ2n) is 13.1. The van der Waals surface area contributed by atoms with Gasteiger partial charge in [-0.15, -0.1) is 0 Å². The zero-order valence-electron chi connectivity index (χ0n) is 26.4. The molecule has 0 unspecified atom stereocenters. The lowest BCUT2D eigenvalue weighted by Gasteiger charge is -2.25. The molecule has 0 bridgehead atoms. The molecular weight excluding hydrogens is 613 g/mol. The van der Waals surface area contributed by atoms with Crippen LogP contribution < -0.4 is 4.90 Å². The molecule has 238 valence electrons. The predicted molar refractivity (Wildman–Crippen MR) is 183 cm³/mol. The first-order valence-corrected chi connectivity index (χ1v) is 17.7. The van der Waals surface area contributed by atoms with E-state index in [2.05, 4.69) is 60.5 Å². The molecule has 0 saturated carbocycles. The van der Waals surface area contributed by atoms with E-state index >= 15 is 0 Å². The maximum atomic E-state index is 12.6. The Labute approximate surface area is 270 Å². The Balaban J connectivity index is 0.000000131. The monoisotopic (exact) mass is 646 g/mol. The fourth-order valence-electron chi connectivity index (χ4n) is 7.78. The Bertz CT molecular complexity index is 2540. The van der Waals surface area contributed by atoms with Gasteiger partial charge in [0.1, 0.15) is 17.1 Å². The molecule has 7 aromatic rings. The summed E-state index contributed by atoms with van der Waals surface area (Å²) >= 11 is 0. The summed E-state index contributed by atoms with van der Waals surface area (Å²) in [7, 11) is -2.00. The van der Waals surface area contributed by atoms with Crippen LogP contribution in [0.5, 0.6) is 0 Å². The molecule has 0 fully saturated rings. The number of hydrogen-bond acceptors (Lipinski definition) is 5. The summed E-state index contributed by atoms with van der Waals surface area (Å²) in [6.07, 6.45) is 8.18. The fraction of sp³-hybridized carbons (Fsp3) is 0.286. The van der Waals surface area contributed by atoms with Crippen molar-refractivity contribution in [3.8, 4) is 22.8 Å². The maximum absolute atomic E-state index is 12.6. The highest BCUT2D eigenvalue weighted by atomic mass is 32.2. The largest absolute Gasteiger partial charge is 0.361 e. The van der Waals surface area contributed by atoms with Gasteiger partial charge in [0, 0.05) is 68.5 Å². The van der Waals surface area contributed by atoms with Crippen LogP contribution in [0.4, 0.5) is 5.69 Å². The minimum atomic E-state index is -3.61. The van der Waals surface area contributed by atoms with Crippen molar-refractivity contribution in [2.45, 2.75) is 57.3 Å². The Hall–Kier alpha value is -5.10. The van der Waals surface area contributed by atoms with Gasteiger partial charge in [-0.2, -0.15) is 10.2 Å². The highest BCUT2D eigenvalue weighted by Gasteiger charge is 2.34. The SMILES string of the molecule is Cc1[nH]nc2c1CCCc1c-2[nH]c2cc3[nH]ccc3cc12.Cc1[nH]nc2c1CCCc1c-2[nH]c2cc3c(cc12)S(=O)(=O)CC(=O)N3C. The number of sulfone groups is 1. The summed E-state index contributed by atoms with van der Waals surface area (Å²) in [5, 5.41) is 18.7. The average molecular weight is 647 g/mol. The minimum Gasteiger partial charge on any atom is -0.361 e. The Morgan fingerprint density at radius 3 is 1.96 bits per heavy atom. The minimum absolute atomic E-state index is 0.233. The Kier molecular flexibility index (Phi) is 5.96. The van der Waals surface area contributed by atoms with E-state index in [9.17, 15) is 13.2 Å². The van der Waals surface area contributed by atoms with E-state index in [0.717, 1.165) is 71.3 Å². The second kappa shape index (κ2) is 9.95. The molecule has 5 aromatic heterocycles. The van der Waals surface area contributed by atoms with Crippen molar-refractivity contribution in [1.29, 1.82) is 0 Å². The summed E-state index contributed by atoms with van der Waals surface area (Å²) < 4.78 is 25.1. The van der Waals surface area contributed by atoms with Gasteiger partial charge in [-0.25, -0.2) is 8.42 Å². The topological polar surface area (TPSA) is 159 Å². The molecule has 2 aromatic carbocycles. The molecule has 2 aliphatic carbocycles. The summed E-state index contributed by atoms with van der Waals surface area (Å²) in [6.45, 7) is 4.13. The quantitative estimate of drug-likeness (QED) is 0.138. The smallest absolute Gasteiger partial charge is 0.242 e. The van der Waals surface area contributed by atoms with Crippen LogP contribution >= 0.6 is 0 Å². The lowest BCUT2D eigenvalue weighted by molar-refractivity contribution is -0.116. The highest BCUT2D eigenvalue weighted by molar-refractivity contribution is 7.92. The van der Waals surface area contributed by atoms with Gasteiger partial charge in [0.2, 0.25) is 5.91 Å². The van der Waals surface area contributed by atoms with Gasteiger partial charge in [0.15, 0.2) is 9.84 Å². The average Bonchev–Trinajstić information content (AvgIpc) is 3.84. The van der Waals surface area contributed by atoms with Crippen LogP contribution in [-0.2, 0) is 40.3 Å². The number of nitrogens with one attached hydrogen (secondary N) is 5. The predicted octanol–water partition coefficient (Wildman–Crippen LogP) is 5.94. The lowest BCUT2D eigenvalue weighted by Crippen LogP contribution is -2.37. The van der Waals surface area contributed by atoms with Gasteiger partial charge in [-0.3, -0.25) is 15.0 Å². The van der Waals surface area contributed by atoms with Crippen molar-refractivity contribution >= 4 is 54.1 Å². The third kappa shape index (κ3) is 4.17. The Morgan fingerprint density at radius 2 is 1.32 bits per heavy atom. The number of amides is 1. The van der Waals surface area contributed by atoms with Crippen molar-refractivity contribution in [2.24, 2.45) is 0 Å². The van der Waals surface area contributed by atoms with Gasteiger partial charge in [-0.05, 0) is 93.8 Å². The van der Waals surface area contributed by atoms with Gasteiger partial charge in [0.25, 0.3) is 0 Å². The number of nitrogens with zero attached hydrogens (tertiary/aromatic N) is 3. The number of carbonyl (C=O) groups excluding carboxylic acids is 1. The molecule has 0 atom stereocenters. The van der Waals surface area contributed by atoms with Crippen LogP contribution in [0.25, 0.3) is 55.5 Å². The first-order valence-electron chi connectivity index (χ1n) is 16.1. The molecule has 6 heterocycles. The fourth-order valence-corrected chi connectivity index (χ4v) is 9.27. The number of benzene rings is 2. The molecule has 0 saturated heterocycles. The number of hydrogen-bond donors (Lipinski definition) is 5. The molecule has 47 heavy (non-hydrogen) atoms. The van der Waals surface area contributed by atoms with Gasteiger partial charge >= 0.3 is 0 Å². The van der Waals surface area contributed by atoms with Crippen molar-refractivity contribution in [1.82, 2.24) is 35.3 Å². The number of rotatable bonds is 0. The summed E-state index contributed by atoms with van der Waals surface area (Å²) in [5.74, 6) is -0.882. The molecule has 0 spiro atoms. The summed E-state index contributed by atoms with van der Waals surface area (Å²) in [4.78, 5) is 24.0. The lowest BCUT2D eigenvalue weighted by atomic mass is 10.0. The van der Waals surface area contributed by atoms with E-state index in [1.165, 1.54) is 61.2 Å². The van der Waals surface area contributed by atoms with E-state index in [1.807, 2.05) is 13.1 Å². The molecule has 0 radical (unpaired) electrons. The van der Waals surface area contributed by atoms with Crippen LogP contribution in [-0.4, -0.2) is 62.5 Å². The van der Waals surface area contributed by atoms with Crippen LogP contribution in [0.1, 0.15) is 46.5 Å². The van der Waals surface area contributed by atoms with Crippen molar-refractivity contribution in [2.75, 3.05) is 17.7 Å². The number of anilines is 1. The number of H-pyrrole nitrogens is 5. The first kappa shape index (κ1) is 28.1. The Morgan fingerprint density at radius 1 is 0.745 bits per heavy atom. The first-order chi connectivity index (χ1) is 22.7. The molecule has 12 heteroatoms. The summed E-state index contributed by atoms with van der Waals surface area (Å²) in [5.41, 5.74) is 15.2. The normalized spacial score (nSPS) is 16.6. The van der Waals surface area contributed by atoms with Gasteiger partial charge in [-0.1, -0.05) is 0 Å². The number of fused-ring (bicyclic) bond motifs is 12. The van der Waals surface area contributed by atoms with Crippen LogP contribution in [0, 0.1) is 13.8 Å². The molecule has 1 amide bonds. The number of aromatic nitrogens is 7. The zero-order chi connectivity index (χ0) is 32.2. The molecule has 5 N–H and O–H groups in total. The standard InChI is InChI=1S/C18H18N4O3S.C17H16N4/c1-9-10-4-3-5-11-12-6-15-14(22(2)16(23)8-26(15,24)25)7-13(12)19-17(11)18(10)21-20-9;1-9-11-3-2-4-12-13-7-10-5-6-18-14(10)8-15(13)19-16(12)17(11)21-20-9/h6-7,19H,3-5,8H2,1-2H3,(H,20,21);5-8,18-19H,2-4H2,1H3,(H,20,21). The molecule has 1 aliphatic heterocycles.